The smallest absolute Gasteiger partial charge is 0.399 e. The average Bonchev–Trinajstić information content (AvgIpc) is 2.94. The molecule has 0 spiro atoms. The zero-order valence-electron chi connectivity index (χ0n) is 14.8. The molecule has 0 aliphatic rings. The first kappa shape index (κ1) is 20.5. The molecule has 0 aliphatic heterocycles. The number of nitrogen functional groups attached to an aromatic ring is 1. The number of hydrogen-bond acceptors (Lipinski definition) is 3. The van der Waals surface area contributed by atoms with Gasteiger partial charge in [-0.25, -0.2) is 4.79 Å². The number of alkyl halides is 6. The third kappa shape index (κ3) is 4.13. The molecule has 5 nitrogen and oxygen atoms in total. The summed E-state index contributed by atoms with van der Waals surface area (Å²) < 4.78 is 79.2. The monoisotopic (exact) mass is 416 g/mol. The van der Waals surface area contributed by atoms with Gasteiger partial charge in [-0.3, -0.25) is 4.57 Å². The number of aryl methyl sites for hydroxylation is 1. The SMILES string of the molecule is Cc1cc(Cn2c(C(F)(F)F)nn(-c3ccc(C(F)(F)F)cc3)c2=O)ccc1N. The molecule has 29 heavy (non-hydrogen) atoms. The van der Waals surface area contributed by atoms with Gasteiger partial charge >= 0.3 is 18.0 Å². The Morgan fingerprint density at radius 2 is 1.59 bits per heavy atom. The van der Waals surface area contributed by atoms with E-state index in [1.54, 1.807) is 6.92 Å². The van der Waals surface area contributed by atoms with Crippen LogP contribution in [-0.2, 0) is 18.9 Å². The van der Waals surface area contributed by atoms with Crippen molar-refractivity contribution in [3.05, 3.63) is 75.5 Å². The molecule has 0 aliphatic carbocycles. The van der Waals surface area contributed by atoms with E-state index in [1.807, 2.05) is 0 Å². The Balaban J connectivity index is 2.09. The summed E-state index contributed by atoms with van der Waals surface area (Å²) in [5.41, 5.74) is 4.79. The first-order valence-corrected chi connectivity index (χ1v) is 8.17. The summed E-state index contributed by atoms with van der Waals surface area (Å²) >= 11 is 0. The van der Waals surface area contributed by atoms with E-state index in [2.05, 4.69) is 5.10 Å². The van der Waals surface area contributed by atoms with Crippen molar-refractivity contribution in [1.82, 2.24) is 14.3 Å². The van der Waals surface area contributed by atoms with Crippen LogP contribution in [-0.4, -0.2) is 14.3 Å². The van der Waals surface area contributed by atoms with Gasteiger partial charge in [-0.1, -0.05) is 12.1 Å². The molecule has 0 atom stereocenters. The lowest BCUT2D eigenvalue weighted by Gasteiger charge is -2.09. The van der Waals surface area contributed by atoms with Crippen LogP contribution in [0.15, 0.2) is 47.3 Å². The second-order valence-electron chi connectivity index (χ2n) is 6.34. The van der Waals surface area contributed by atoms with E-state index in [4.69, 9.17) is 5.73 Å². The molecule has 0 saturated heterocycles. The van der Waals surface area contributed by atoms with Gasteiger partial charge in [0, 0.05) is 5.69 Å². The zero-order chi connectivity index (χ0) is 21.6. The Morgan fingerprint density at radius 1 is 0.966 bits per heavy atom. The minimum Gasteiger partial charge on any atom is -0.399 e. The Hall–Kier alpha value is -3.24. The van der Waals surface area contributed by atoms with Gasteiger partial charge in [0.25, 0.3) is 0 Å². The number of benzene rings is 2. The van der Waals surface area contributed by atoms with Crippen LogP contribution in [0.3, 0.4) is 0 Å². The van der Waals surface area contributed by atoms with E-state index in [-0.39, 0.29) is 5.69 Å². The van der Waals surface area contributed by atoms with Crippen LogP contribution >= 0.6 is 0 Å². The van der Waals surface area contributed by atoms with Crippen molar-refractivity contribution in [2.75, 3.05) is 5.73 Å². The van der Waals surface area contributed by atoms with Gasteiger partial charge in [-0.05, 0) is 48.4 Å². The van der Waals surface area contributed by atoms with Gasteiger partial charge in [0.15, 0.2) is 0 Å². The normalized spacial score (nSPS) is 12.4. The Morgan fingerprint density at radius 3 is 2.10 bits per heavy atom. The number of rotatable bonds is 3. The molecule has 0 fully saturated rings. The topological polar surface area (TPSA) is 65.8 Å². The minimum atomic E-state index is -4.95. The van der Waals surface area contributed by atoms with Crippen LogP contribution < -0.4 is 11.4 Å². The highest BCUT2D eigenvalue weighted by atomic mass is 19.4. The summed E-state index contributed by atoms with van der Waals surface area (Å²) in [6, 6.07) is 7.62. The molecule has 2 N–H and O–H groups in total. The molecule has 2 aromatic carbocycles. The van der Waals surface area contributed by atoms with Crippen molar-refractivity contribution in [3.8, 4) is 5.69 Å². The van der Waals surface area contributed by atoms with Gasteiger partial charge in [0.1, 0.15) is 0 Å². The average molecular weight is 416 g/mol. The van der Waals surface area contributed by atoms with E-state index < -0.39 is 36.0 Å². The highest BCUT2D eigenvalue weighted by Gasteiger charge is 2.39. The van der Waals surface area contributed by atoms with Gasteiger partial charge in [0.2, 0.25) is 5.82 Å². The summed E-state index contributed by atoms with van der Waals surface area (Å²) in [7, 11) is 0. The van der Waals surface area contributed by atoms with Crippen molar-refractivity contribution in [1.29, 1.82) is 0 Å². The van der Waals surface area contributed by atoms with Crippen LogP contribution in [0, 0.1) is 6.92 Å². The lowest BCUT2D eigenvalue weighted by Crippen LogP contribution is -2.26. The molecule has 0 bridgehead atoms. The quantitative estimate of drug-likeness (QED) is 0.518. The molecule has 3 rings (SSSR count). The predicted octanol–water partition coefficient (Wildman–Crippen LogP) is 4.01. The third-order valence-corrected chi connectivity index (χ3v) is 4.23. The third-order valence-electron chi connectivity index (χ3n) is 4.23. The molecule has 0 amide bonds. The van der Waals surface area contributed by atoms with Crippen molar-refractivity contribution in [2.45, 2.75) is 25.8 Å². The molecule has 1 aromatic heterocycles. The van der Waals surface area contributed by atoms with E-state index >= 15 is 0 Å². The van der Waals surface area contributed by atoms with E-state index in [0.717, 1.165) is 12.1 Å². The highest BCUT2D eigenvalue weighted by molar-refractivity contribution is 5.47. The van der Waals surface area contributed by atoms with Crippen molar-refractivity contribution in [2.24, 2.45) is 0 Å². The number of hydrogen-bond donors (Lipinski definition) is 1. The fraction of sp³-hybridized carbons (Fsp3) is 0.222. The van der Waals surface area contributed by atoms with E-state index in [0.29, 0.717) is 38.2 Å². The number of halogens is 6. The first-order chi connectivity index (χ1) is 13.4. The van der Waals surface area contributed by atoms with Crippen molar-refractivity contribution >= 4 is 5.69 Å². The van der Waals surface area contributed by atoms with Crippen LogP contribution in [0.4, 0.5) is 32.0 Å². The maximum Gasteiger partial charge on any atom is 0.451 e. The standard InChI is InChI=1S/C18H14F6N4O/c1-10-8-11(2-7-14(10)25)9-27-15(18(22,23)24)26-28(16(27)29)13-5-3-12(4-6-13)17(19,20)21/h2-8H,9,25H2,1H3. The predicted molar refractivity (Wildman–Crippen MR) is 92.5 cm³/mol. The number of nitrogens with two attached hydrogens (primary N) is 1. The van der Waals surface area contributed by atoms with Gasteiger partial charge in [0.05, 0.1) is 17.8 Å². The molecule has 0 unspecified atom stereocenters. The Kier molecular flexibility index (Phi) is 4.93. The lowest BCUT2D eigenvalue weighted by atomic mass is 10.1. The summed E-state index contributed by atoms with van der Waals surface area (Å²) in [4.78, 5) is 12.6. The van der Waals surface area contributed by atoms with Crippen molar-refractivity contribution < 1.29 is 26.3 Å². The van der Waals surface area contributed by atoms with Crippen LogP contribution in [0.2, 0.25) is 0 Å². The fourth-order valence-electron chi connectivity index (χ4n) is 2.73. The van der Waals surface area contributed by atoms with Gasteiger partial charge in [-0.2, -0.15) is 31.0 Å². The Bertz CT molecular complexity index is 1090. The molecule has 11 heteroatoms. The van der Waals surface area contributed by atoms with Crippen LogP contribution in [0.1, 0.15) is 22.5 Å². The van der Waals surface area contributed by atoms with Gasteiger partial charge < -0.3 is 5.73 Å². The molecule has 0 radical (unpaired) electrons. The Labute approximate surface area is 160 Å². The number of anilines is 1. The van der Waals surface area contributed by atoms with Crippen molar-refractivity contribution in [3.63, 3.8) is 0 Å². The largest absolute Gasteiger partial charge is 0.451 e. The summed E-state index contributed by atoms with van der Waals surface area (Å²) in [6.45, 7) is 1.23. The highest BCUT2D eigenvalue weighted by Crippen LogP contribution is 2.30. The van der Waals surface area contributed by atoms with E-state index in [1.165, 1.54) is 18.2 Å². The van der Waals surface area contributed by atoms with Crippen LogP contribution in [0.5, 0.6) is 0 Å². The maximum atomic E-state index is 13.4. The number of nitrogens with zero attached hydrogens (tertiary/aromatic N) is 3. The van der Waals surface area contributed by atoms with E-state index in [9.17, 15) is 31.1 Å². The summed E-state index contributed by atoms with van der Waals surface area (Å²) in [6.07, 6.45) is -9.56. The molecular formula is C18H14F6N4O. The second kappa shape index (κ2) is 6.98. The lowest BCUT2D eigenvalue weighted by molar-refractivity contribution is -0.147. The van der Waals surface area contributed by atoms with Crippen LogP contribution in [0.25, 0.3) is 5.69 Å². The second-order valence-corrected chi connectivity index (χ2v) is 6.34. The molecular weight excluding hydrogens is 402 g/mol. The fourth-order valence-corrected chi connectivity index (χ4v) is 2.73. The number of aromatic nitrogens is 3. The zero-order valence-corrected chi connectivity index (χ0v) is 14.8. The molecule has 0 saturated carbocycles. The summed E-state index contributed by atoms with van der Waals surface area (Å²) in [5.74, 6) is -1.46. The molecule has 1 heterocycles. The minimum absolute atomic E-state index is 0.222. The molecule has 154 valence electrons. The molecule has 3 aromatic rings. The first-order valence-electron chi connectivity index (χ1n) is 8.17. The van der Waals surface area contributed by atoms with Gasteiger partial charge in [-0.15, -0.1) is 5.10 Å². The maximum absolute atomic E-state index is 13.4. The summed E-state index contributed by atoms with van der Waals surface area (Å²) in [5, 5.41) is 3.32.